The predicted octanol–water partition coefficient (Wildman–Crippen LogP) is 1.84. The van der Waals surface area contributed by atoms with Gasteiger partial charge in [-0.3, -0.25) is 4.21 Å². The van der Waals surface area contributed by atoms with Crippen molar-refractivity contribution in [3.63, 3.8) is 0 Å². The molecule has 25 heavy (non-hydrogen) atoms. The molecule has 5 N–H and O–H groups in total. The predicted molar refractivity (Wildman–Crippen MR) is 103 cm³/mol. The topological polar surface area (TPSA) is 95.6 Å². The minimum Gasteiger partial charge on any atom is -0.387 e. The Labute approximate surface area is 151 Å². The molecule has 0 aromatic heterocycles. The molecule has 0 radical (unpaired) electrons. The number of anilines is 1. The molecular weight excluding hydrogens is 336 g/mol. The molecule has 5 unspecified atom stereocenters. The number of benzene rings is 2. The molecule has 0 saturated carbocycles. The minimum atomic E-state index is -1.44. The monoisotopic (exact) mass is 362 g/mol. The normalized spacial score (nSPS) is 17.4. The van der Waals surface area contributed by atoms with Crippen molar-refractivity contribution in [1.29, 1.82) is 0 Å². The fourth-order valence-corrected chi connectivity index (χ4v) is 3.96. The van der Waals surface area contributed by atoms with Crippen molar-refractivity contribution in [3.8, 4) is 0 Å². The van der Waals surface area contributed by atoms with Crippen LogP contribution in [0.1, 0.15) is 22.8 Å². The highest BCUT2D eigenvalue weighted by Gasteiger charge is 2.34. The van der Waals surface area contributed by atoms with Crippen molar-refractivity contribution < 1.29 is 14.4 Å². The van der Waals surface area contributed by atoms with E-state index >= 15 is 0 Å². The molecule has 6 heteroatoms. The van der Waals surface area contributed by atoms with E-state index in [1.54, 1.807) is 24.3 Å². The molecule has 5 nitrogen and oxygen atoms in total. The summed E-state index contributed by atoms with van der Waals surface area (Å²) in [6, 6.07) is 13.9. The van der Waals surface area contributed by atoms with E-state index in [2.05, 4.69) is 5.32 Å². The molecule has 0 saturated heterocycles. The van der Waals surface area contributed by atoms with Gasteiger partial charge in [0.05, 0.1) is 17.4 Å². The largest absolute Gasteiger partial charge is 0.387 e. The van der Waals surface area contributed by atoms with E-state index in [4.69, 9.17) is 5.73 Å². The fraction of sp³-hybridized carbons (Fsp3) is 0.368. The number of aliphatic hydroxyl groups excluding tert-OH is 2. The first-order chi connectivity index (χ1) is 11.8. The van der Waals surface area contributed by atoms with Gasteiger partial charge in [-0.05, 0) is 30.5 Å². The minimum absolute atomic E-state index is 0.629. The number of aliphatic hydroxyl groups is 2. The Kier molecular flexibility index (Phi) is 6.72. The Bertz CT molecular complexity index is 704. The fourth-order valence-electron chi connectivity index (χ4n) is 2.94. The number of rotatable bonds is 7. The van der Waals surface area contributed by atoms with Gasteiger partial charge in [0.25, 0.3) is 0 Å². The smallest absolute Gasteiger partial charge is 0.140 e. The van der Waals surface area contributed by atoms with Crippen molar-refractivity contribution in [1.82, 2.24) is 0 Å². The molecule has 0 aliphatic rings. The van der Waals surface area contributed by atoms with E-state index in [-0.39, 0.29) is 0 Å². The highest BCUT2D eigenvalue weighted by Crippen LogP contribution is 2.25. The van der Waals surface area contributed by atoms with E-state index in [0.29, 0.717) is 5.56 Å². The molecule has 136 valence electrons. The summed E-state index contributed by atoms with van der Waals surface area (Å²) < 4.78 is 12.2. The molecule has 0 aliphatic carbocycles. The molecule has 2 aromatic carbocycles. The van der Waals surface area contributed by atoms with Crippen LogP contribution in [0.2, 0.25) is 0 Å². The Hall–Kier alpha value is -1.73. The summed E-state index contributed by atoms with van der Waals surface area (Å²) in [4.78, 5) is 0. The molecular formula is C19H26N2O3S. The number of nitrogens with two attached hydrogens (primary N) is 1. The van der Waals surface area contributed by atoms with Gasteiger partial charge >= 0.3 is 0 Å². The average molecular weight is 362 g/mol. The van der Waals surface area contributed by atoms with E-state index in [0.717, 1.165) is 16.8 Å². The Balaban J connectivity index is 2.23. The summed E-state index contributed by atoms with van der Waals surface area (Å²) in [5.74, 6) is 0. The lowest BCUT2D eigenvalue weighted by molar-refractivity contribution is 0.110. The van der Waals surface area contributed by atoms with Gasteiger partial charge in [-0.15, -0.1) is 0 Å². The standard InChI is InChI=1S/C19H26N2O3S/c1-12-8-7-9-13(2)16(12)21-19(23)18(25(3)24)15(20)17(22)14-10-5-4-6-11-14/h4-11,15,17-19,21-23H,20H2,1-3H3. The second kappa shape index (κ2) is 8.58. The van der Waals surface area contributed by atoms with Crippen LogP contribution < -0.4 is 11.1 Å². The van der Waals surface area contributed by atoms with E-state index in [1.165, 1.54) is 6.26 Å². The molecule has 0 spiro atoms. The first-order valence-corrected chi connectivity index (χ1v) is 9.76. The van der Waals surface area contributed by atoms with Crippen molar-refractivity contribution >= 4 is 16.5 Å². The molecule has 2 aromatic rings. The molecule has 0 bridgehead atoms. The van der Waals surface area contributed by atoms with E-state index < -0.39 is 34.4 Å². The van der Waals surface area contributed by atoms with Crippen LogP contribution in [0, 0.1) is 13.8 Å². The highest BCUT2D eigenvalue weighted by molar-refractivity contribution is 7.85. The van der Waals surface area contributed by atoms with Gasteiger partial charge in [0.1, 0.15) is 6.23 Å². The van der Waals surface area contributed by atoms with Gasteiger partial charge in [0.15, 0.2) is 0 Å². The Morgan fingerprint density at radius 2 is 1.56 bits per heavy atom. The van der Waals surface area contributed by atoms with Crippen LogP contribution in [0.15, 0.2) is 48.5 Å². The van der Waals surface area contributed by atoms with Crippen molar-refractivity contribution in [2.45, 2.75) is 37.5 Å². The number of hydrogen-bond acceptors (Lipinski definition) is 5. The van der Waals surface area contributed by atoms with Crippen LogP contribution in [0.4, 0.5) is 5.69 Å². The second-order valence-corrected chi connectivity index (χ2v) is 7.79. The SMILES string of the molecule is Cc1cccc(C)c1NC(O)C(C(N)C(O)c1ccccc1)S(C)=O. The van der Waals surface area contributed by atoms with Gasteiger partial charge in [-0.1, -0.05) is 48.5 Å². The van der Waals surface area contributed by atoms with Gasteiger partial charge in [0.2, 0.25) is 0 Å². The first-order valence-electron chi connectivity index (χ1n) is 8.14. The Morgan fingerprint density at radius 1 is 1.00 bits per heavy atom. The summed E-state index contributed by atoms with van der Waals surface area (Å²) in [6.07, 6.45) is -0.693. The van der Waals surface area contributed by atoms with Crippen LogP contribution in [-0.2, 0) is 10.8 Å². The zero-order chi connectivity index (χ0) is 18.6. The maximum absolute atomic E-state index is 12.2. The van der Waals surface area contributed by atoms with Gasteiger partial charge < -0.3 is 21.3 Å². The van der Waals surface area contributed by atoms with Crippen LogP contribution >= 0.6 is 0 Å². The van der Waals surface area contributed by atoms with E-state index in [1.807, 2.05) is 38.1 Å². The van der Waals surface area contributed by atoms with Crippen LogP contribution in [0.25, 0.3) is 0 Å². The molecule has 0 heterocycles. The third-order valence-electron chi connectivity index (χ3n) is 4.35. The summed E-state index contributed by atoms with van der Waals surface area (Å²) in [5, 5.41) is 23.4. The number of nitrogens with one attached hydrogen (secondary N) is 1. The Morgan fingerprint density at radius 3 is 2.08 bits per heavy atom. The quantitative estimate of drug-likeness (QED) is 0.564. The lowest BCUT2D eigenvalue weighted by atomic mass is 9.99. The number of para-hydroxylation sites is 1. The molecule has 0 aliphatic heterocycles. The lowest BCUT2D eigenvalue weighted by Gasteiger charge is -2.31. The van der Waals surface area contributed by atoms with Crippen LogP contribution in [-0.4, -0.2) is 38.2 Å². The highest BCUT2D eigenvalue weighted by atomic mass is 32.2. The third-order valence-corrected chi connectivity index (χ3v) is 5.69. The van der Waals surface area contributed by atoms with E-state index in [9.17, 15) is 14.4 Å². The zero-order valence-corrected chi connectivity index (χ0v) is 15.5. The summed E-state index contributed by atoms with van der Waals surface area (Å²) in [6.45, 7) is 3.86. The third kappa shape index (κ3) is 4.67. The summed E-state index contributed by atoms with van der Waals surface area (Å²) in [7, 11) is -1.44. The van der Waals surface area contributed by atoms with Gasteiger partial charge in [-0.2, -0.15) is 0 Å². The maximum atomic E-state index is 12.2. The van der Waals surface area contributed by atoms with Crippen LogP contribution in [0.3, 0.4) is 0 Å². The number of hydrogen-bond donors (Lipinski definition) is 4. The maximum Gasteiger partial charge on any atom is 0.140 e. The number of aryl methyl sites for hydroxylation is 2. The lowest BCUT2D eigenvalue weighted by Crippen LogP contribution is -2.51. The average Bonchev–Trinajstić information content (AvgIpc) is 2.58. The van der Waals surface area contributed by atoms with Crippen molar-refractivity contribution in [2.24, 2.45) is 5.73 Å². The molecule has 2 rings (SSSR count). The second-order valence-electron chi connectivity index (χ2n) is 6.25. The van der Waals surface area contributed by atoms with Gasteiger partial charge in [-0.25, -0.2) is 0 Å². The molecule has 0 amide bonds. The van der Waals surface area contributed by atoms with Crippen molar-refractivity contribution in [2.75, 3.05) is 11.6 Å². The zero-order valence-electron chi connectivity index (χ0n) is 14.7. The first kappa shape index (κ1) is 19.6. The summed E-state index contributed by atoms with van der Waals surface area (Å²) >= 11 is 0. The molecule has 5 atom stereocenters. The van der Waals surface area contributed by atoms with Crippen LogP contribution in [0.5, 0.6) is 0 Å². The van der Waals surface area contributed by atoms with Gasteiger partial charge in [0, 0.05) is 22.7 Å². The summed E-state index contributed by atoms with van der Waals surface area (Å²) in [5.41, 5.74) is 9.53. The molecule has 0 fully saturated rings. The van der Waals surface area contributed by atoms with Crippen molar-refractivity contribution in [3.05, 3.63) is 65.2 Å².